The summed E-state index contributed by atoms with van der Waals surface area (Å²) in [5.41, 5.74) is 4.06. The minimum Gasteiger partial charge on any atom is -0.372 e. The Morgan fingerprint density at radius 3 is 2.94 bits per heavy atom. The van der Waals surface area contributed by atoms with E-state index >= 15 is 0 Å². The molecule has 3 nitrogen and oxygen atoms in total. The summed E-state index contributed by atoms with van der Waals surface area (Å²) in [4.78, 5) is 0. The second-order valence-electron chi connectivity index (χ2n) is 4.23. The van der Waals surface area contributed by atoms with Crippen LogP contribution >= 0.6 is 0 Å². The van der Waals surface area contributed by atoms with E-state index in [1.54, 1.807) is 0 Å². The predicted molar refractivity (Wildman–Crippen MR) is 65.2 cm³/mol. The van der Waals surface area contributed by atoms with Crippen LogP contribution in [-0.2, 0) is 24.5 Å². The number of fused-ring (bicyclic) bond motifs is 1. The molecule has 16 heavy (non-hydrogen) atoms. The van der Waals surface area contributed by atoms with E-state index in [0.29, 0.717) is 0 Å². The van der Waals surface area contributed by atoms with Crippen molar-refractivity contribution in [3.05, 3.63) is 34.9 Å². The van der Waals surface area contributed by atoms with Gasteiger partial charge in [0.2, 0.25) is 0 Å². The van der Waals surface area contributed by atoms with Crippen molar-refractivity contribution >= 4 is 0 Å². The predicted octanol–water partition coefficient (Wildman–Crippen LogP) is 1.42. The van der Waals surface area contributed by atoms with Crippen molar-refractivity contribution in [3.8, 4) is 0 Å². The van der Waals surface area contributed by atoms with Crippen molar-refractivity contribution in [2.75, 3.05) is 20.1 Å². The van der Waals surface area contributed by atoms with Crippen molar-refractivity contribution in [2.45, 2.75) is 26.2 Å². The molecule has 0 aromatic heterocycles. The summed E-state index contributed by atoms with van der Waals surface area (Å²) in [6.07, 6.45) is 1.17. The molecular formula is C13H20N2O. The average molecular weight is 220 g/mol. The molecule has 0 amide bonds. The highest BCUT2D eigenvalue weighted by atomic mass is 16.5. The normalized spacial score (nSPS) is 14.1. The Morgan fingerprint density at radius 2 is 2.06 bits per heavy atom. The summed E-state index contributed by atoms with van der Waals surface area (Å²) >= 11 is 0. The van der Waals surface area contributed by atoms with Gasteiger partial charge in [-0.3, -0.25) is 0 Å². The first-order valence-electron chi connectivity index (χ1n) is 5.94. The monoisotopic (exact) mass is 220 g/mol. The van der Waals surface area contributed by atoms with E-state index < -0.39 is 0 Å². The molecular weight excluding hydrogens is 200 g/mol. The minimum atomic E-state index is 0.781. The molecule has 2 rings (SSSR count). The Balaban J connectivity index is 1.77. The molecule has 1 heterocycles. The number of ether oxygens (including phenoxy) is 1. The summed E-state index contributed by atoms with van der Waals surface area (Å²) in [5.74, 6) is 0. The molecule has 88 valence electrons. The average Bonchev–Trinajstić information content (AvgIpc) is 2.76. The summed E-state index contributed by atoms with van der Waals surface area (Å²) in [5, 5.41) is 6.59. The van der Waals surface area contributed by atoms with Crippen LogP contribution in [0.25, 0.3) is 0 Å². The fraction of sp³-hybridized carbons (Fsp3) is 0.538. The minimum absolute atomic E-state index is 0.781. The molecule has 0 fully saturated rings. The van der Waals surface area contributed by atoms with Gasteiger partial charge in [-0.2, -0.15) is 0 Å². The molecule has 0 saturated heterocycles. The summed E-state index contributed by atoms with van der Waals surface area (Å²) < 4.78 is 5.40. The quantitative estimate of drug-likeness (QED) is 0.711. The Kier molecular flexibility index (Phi) is 4.34. The highest BCUT2D eigenvalue weighted by Gasteiger charge is 2.10. The van der Waals surface area contributed by atoms with E-state index in [0.717, 1.165) is 32.8 Å². The van der Waals surface area contributed by atoms with Crippen molar-refractivity contribution in [2.24, 2.45) is 0 Å². The lowest BCUT2D eigenvalue weighted by atomic mass is 10.1. The van der Waals surface area contributed by atoms with Crippen LogP contribution in [0.2, 0.25) is 0 Å². The van der Waals surface area contributed by atoms with Gasteiger partial charge < -0.3 is 15.4 Å². The second-order valence-corrected chi connectivity index (χ2v) is 4.23. The van der Waals surface area contributed by atoms with Crippen LogP contribution in [-0.4, -0.2) is 20.1 Å². The number of hydrogen-bond acceptors (Lipinski definition) is 3. The van der Waals surface area contributed by atoms with Crippen LogP contribution < -0.4 is 10.6 Å². The lowest BCUT2D eigenvalue weighted by Crippen LogP contribution is -2.19. The molecule has 2 N–H and O–H groups in total. The van der Waals surface area contributed by atoms with Crippen LogP contribution in [0.3, 0.4) is 0 Å². The fourth-order valence-corrected chi connectivity index (χ4v) is 1.96. The second kappa shape index (κ2) is 5.99. The van der Waals surface area contributed by atoms with E-state index in [1.807, 2.05) is 7.05 Å². The Bertz CT molecular complexity index is 339. The van der Waals surface area contributed by atoms with Crippen LogP contribution in [0.15, 0.2) is 18.2 Å². The zero-order valence-corrected chi connectivity index (χ0v) is 9.88. The highest BCUT2D eigenvalue weighted by Crippen LogP contribution is 2.20. The topological polar surface area (TPSA) is 33.3 Å². The third-order valence-corrected chi connectivity index (χ3v) is 2.90. The zero-order chi connectivity index (χ0) is 11.2. The first-order valence-corrected chi connectivity index (χ1v) is 5.94. The first-order chi connectivity index (χ1) is 7.90. The van der Waals surface area contributed by atoms with Crippen molar-refractivity contribution in [1.29, 1.82) is 0 Å². The lowest BCUT2D eigenvalue weighted by Gasteiger charge is -2.06. The smallest absolute Gasteiger partial charge is 0.0725 e. The number of hydrogen-bond donors (Lipinski definition) is 2. The summed E-state index contributed by atoms with van der Waals surface area (Å²) in [7, 11) is 1.99. The van der Waals surface area contributed by atoms with Gasteiger partial charge >= 0.3 is 0 Å². The fourth-order valence-electron chi connectivity index (χ4n) is 1.96. The van der Waals surface area contributed by atoms with Crippen molar-refractivity contribution < 1.29 is 4.74 Å². The molecule has 0 atom stereocenters. The Morgan fingerprint density at radius 1 is 1.19 bits per heavy atom. The van der Waals surface area contributed by atoms with Gasteiger partial charge in [0, 0.05) is 6.54 Å². The van der Waals surface area contributed by atoms with Gasteiger partial charge in [0.1, 0.15) is 0 Å². The maximum atomic E-state index is 5.40. The molecule has 1 aromatic carbocycles. The van der Waals surface area contributed by atoms with Crippen LogP contribution in [0.4, 0.5) is 0 Å². The maximum Gasteiger partial charge on any atom is 0.0725 e. The molecule has 0 radical (unpaired) electrons. The molecule has 1 aliphatic heterocycles. The SMILES string of the molecule is CNCCCNCc1ccc2c(c1)COC2. The van der Waals surface area contributed by atoms with Gasteiger partial charge in [0.25, 0.3) is 0 Å². The van der Waals surface area contributed by atoms with E-state index in [-0.39, 0.29) is 0 Å². The highest BCUT2D eigenvalue weighted by molar-refractivity contribution is 5.33. The maximum absolute atomic E-state index is 5.40. The number of nitrogens with one attached hydrogen (secondary N) is 2. The van der Waals surface area contributed by atoms with E-state index in [9.17, 15) is 0 Å². The van der Waals surface area contributed by atoms with Crippen molar-refractivity contribution in [3.63, 3.8) is 0 Å². The van der Waals surface area contributed by atoms with Gasteiger partial charge in [-0.05, 0) is 43.2 Å². The number of benzene rings is 1. The molecule has 0 bridgehead atoms. The van der Waals surface area contributed by atoms with Crippen LogP contribution in [0.1, 0.15) is 23.1 Å². The van der Waals surface area contributed by atoms with E-state index in [4.69, 9.17) is 4.74 Å². The molecule has 1 aliphatic rings. The van der Waals surface area contributed by atoms with Crippen LogP contribution in [0, 0.1) is 0 Å². The van der Waals surface area contributed by atoms with Gasteiger partial charge in [0.05, 0.1) is 13.2 Å². The Labute approximate surface area is 97.2 Å². The lowest BCUT2D eigenvalue weighted by molar-refractivity contribution is 0.134. The third-order valence-electron chi connectivity index (χ3n) is 2.90. The molecule has 1 aromatic rings. The molecule has 0 spiro atoms. The van der Waals surface area contributed by atoms with E-state index in [2.05, 4.69) is 28.8 Å². The molecule has 0 aliphatic carbocycles. The van der Waals surface area contributed by atoms with Gasteiger partial charge in [0.15, 0.2) is 0 Å². The number of rotatable bonds is 6. The zero-order valence-electron chi connectivity index (χ0n) is 9.88. The van der Waals surface area contributed by atoms with E-state index in [1.165, 1.54) is 23.1 Å². The Hall–Kier alpha value is -0.900. The largest absolute Gasteiger partial charge is 0.372 e. The van der Waals surface area contributed by atoms with Crippen LogP contribution in [0.5, 0.6) is 0 Å². The standard InChI is InChI=1S/C13H20N2O/c1-14-5-2-6-15-8-11-3-4-12-9-16-10-13(12)7-11/h3-4,7,14-15H,2,5-6,8-10H2,1H3. The molecule has 0 unspecified atom stereocenters. The third kappa shape index (κ3) is 3.04. The van der Waals surface area contributed by atoms with Gasteiger partial charge in [-0.15, -0.1) is 0 Å². The van der Waals surface area contributed by atoms with Crippen molar-refractivity contribution in [1.82, 2.24) is 10.6 Å². The summed E-state index contributed by atoms with van der Waals surface area (Å²) in [6.45, 7) is 4.66. The van der Waals surface area contributed by atoms with Gasteiger partial charge in [-0.25, -0.2) is 0 Å². The van der Waals surface area contributed by atoms with Gasteiger partial charge in [-0.1, -0.05) is 18.2 Å². The summed E-state index contributed by atoms with van der Waals surface area (Å²) in [6, 6.07) is 6.64. The molecule has 3 heteroatoms. The first kappa shape index (κ1) is 11.6. The molecule has 0 saturated carbocycles.